The number of carboxylic acid groups (broad SMARTS) is 1. The van der Waals surface area contributed by atoms with Gasteiger partial charge in [-0.2, -0.15) is 0 Å². The van der Waals surface area contributed by atoms with E-state index in [1.807, 2.05) is 25.1 Å². The number of nitrogens with zero attached hydrogens (tertiary/aromatic N) is 2. The van der Waals surface area contributed by atoms with Gasteiger partial charge >= 0.3 is 5.97 Å². The Bertz CT molecular complexity index is 938. The molecule has 0 saturated carbocycles. The molecule has 0 spiro atoms. The quantitative estimate of drug-likeness (QED) is 0.553. The molecule has 2 aromatic carbocycles. The smallest absolute Gasteiger partial charge is 0.358 e. The van der Waals surface area contributed by atoms with Gasteiger partial charge in [0.15, 0.2) is 5.71 Å². The Hall–Kier alpha value is -2.67. The van der Waals surface area contributed by atoms with Crippen LogP contribution in [0.25, 0.3) is 0 Å². The molecular formula is C20H19BrN2O4. The molecular weight excluding hydrogens is 412 g/mol. The maximum atomic E-state index is 11.5. The van der Waals surface area contributed by atoms with Crippen molar-refractivity contribution in [2.24, 2.45) is 10.3 Å². The van der Waals surface area contributed by atoms with Crippen LogP contribution < -0.4 is 0 Å². The van der Waals surface area contributed by atoms with Crippen molar-refractivity contribution in [1.82, 2.24) is 0 Å². The van der Waals surface area contributed by atoms with Crippen molar-refractivity contribution in [2.75, 3.05) is 7.11 Å². The second-order valence-corrected chi connectivity index (χ2v) is 7.06. The Kier molecular flexibility index (Phi) is 5.91. The van der Waals surface area contributed by atoms with E-state index in [4.69, 9.17) is 4.84 Å². The molecule has 0 aromatic heterocycles. The van der Waals surface area contributed by atoms with Gasteiger partial charge in [0.1, 0.15) is 13.7 Å². The summed E-state index contributed by atoms with van der Waals surface area (Å²) in [5, 5.41) is 17.4. The van der Waals surface area contributed by atoms with Gasteiger partial charge in [-0.25, -0.2) is 4.79 Å². The third-order valence-corrected chi connectivity index (χ3v) is 4.94. The summed E-state index contributed by atoms with van der Waals surface area (Å²) in [7, 11) is 1.32. The first-order valence-corrected chi connectivity index (χ1v) is 9.21. The van der Waals surface area contributed by atoms with Crippen LogP contribution in [0.15, 0.2) is 51.2 Å². The molecule has 27 heavy (non-hydrogen) atoms. The number of benzene rings is 2. The molecule has 0 radical (unpaired) electrons. The van der Waals surface area contributed by atoms with Gasteiger partial charge in [-0.15, -0.1) is 0 Å². The molecule has 0 unspecified atom stereocenters. The SMILES string of the molecule is CO/N=C(/C(=O)O)c1cccc(C)c1CO/N=C1\CCc2cc(Br)ccc21. The predicted octanol–water partition coefficient (Wildman–Crippen LogP) is 4.06. The zero-order chi connectivity index (χ0) is 19.4. The largest absolute Gasteiger partial charge is 0.476 e. The first-order chi connectivity index (χ1) is 13.0. The van der Waals surface area contributed by atoms with Crippen LogP contribution in [0, 0.1) is 6.92 Å². The summed E-state index contributed by atoms with van der Waals surface area (Å²) in [6, 6.07) is 11.5. The molecule has 2 aromatic rings. The van der Waals surface area contributed by atoms with Gasteiger partial charge in [0.05, 0.1) is 5.71 Å². The average Bonchev–Trinajstić information content (AvgIpc) is 3.03. The Balaban J connectivity index is 1.84. The van der Waals surface area contributed by atoms with Crippen LogP contribution >= 0.6 is 15.9 Å². The van der Waals surface area contributed by atoms with Crippen LogP contribution in [0.3, 0.4) is 0 Å². The van der Waals surface area contributed by atoms with E-state index in [9.17, 15) is 9.90 Å². The van der Waals surface area contributed by atoms with E-state index in [-0.39, 0.29) is 12.3 Å². The van der Waals surface area contributed by atoms with Crippen LogP contribution in [0.4, 0.5) is 0 Å². The lowest BCUT2D eigenvalue weighted by atomic mass is 9.99. The summed E-state index contributed by atoms with van der Waals surface area (Å²) in [6.07, 6.45) is 1.74. The molecule has 140 valence electrons. The topological polar surface area (TPSA) is 80.5 Å². The van der Waals surface area contributed by atoms with E-state index in [0.29, 0.717) is 11.1 Å². The minimum absolute atomic E-state index is 0.146. The lowest BCUT2D eigenvalue weighted by molar-refractivity contribution is -0.129. The van der Waals surface area contributed by atoms with E-state index in [2.05, 4.69) is 37.1 Å². The predicted molar refractivity (Wildman–Crippen MR) is 106 cm³/mol. The highest BCUT2D eigenvalue weighted by atomic mass is 79.9. The lowest BCUT2D eigenvalue weighted by Gasteiger charge is -2.11. The minimum Gasteiger partial charge on any atom is -0.476 e. The molecule has 0 atom stereocenters. The van der Waals surface area contributed by atoms with Gasteiger partial charge in [0.2, 0.25) is 0 Å². The van der Waals surface area contributed by atoms with Gasteiger partial charge < -0.3 is 14.8 Å². The molecule has 1 aliphatic carbocycles. The van der Waals surface area contributed by atoms with Crippen LogP contribution in [0.2, 0.25) is 0 Å². The van der Waals surface area contributed by atoms with Gasteiger partial charge in [0, 0.05) is 21.2 Å². The van der Waals surface area contributed by atoms with Gasteiger partial charge in [-0.1, -0.05) is 50.5 Å². The fourth-order valence-corrected chi connectivity index (χ4v) is 3.53. The average molecular weight is 431 g/mol. The number of carboxylic acids is 1. The maximum Gasteiger partial charge on any atom is 0.358 e. The number of rotatable bonds is 6. The summed E-state index contributed by atoms with van der Waals surface area (Å²) < 4.78 is 1.05. The molecule has 0 amide bonds. The van der Waals surface area contributed by atoms with Crippen molar-refractivity contribution in [3.8, 4) is 0 Å². The summed E-state index contributed by atoms with van der Waals surface area (Å²) in [6.45, 7) is 2.04. The first kappa shape index (κ1) is 19.1. The van der Waals surface area contributed by atoms with Crippen molar-refractivity contribution in [3.63, 3.8) is 0 Å². The Labute approximate surface area is 165 Å². The molecule has 0 bridgehead atoms. The number of oxime groups is 2. The molecule has 3 rings (SSSR count). The molecule has 1 aliphatic rings. The van der Waals surface area contributed by atoms with Crippen molar-refractivity contribution >= 4 is 33.3 Å². The summed E-state index contributed by atoms with van der Waals surface area (Å²) in [5.74, 6) is -1.16. The zero-order valence-electron chi connectivity index (χ0n) is 15.0. The molecule has 7 heteroatoms. The van der Waals surface area contributed by atoms with Crippen molar-refractivity contribution in [3.05, 3.63) is 68.7 Å². The van der Waals surface area contributed by atoms with Crippen LogP contribution in [-0.4, -0.2) is 29.6 Å². The second-order valence-electron chi connectivity index (χ2n) is 6.14. The number of aliphatic carboxylic acids is 1. The highest BCUT2D eigenvalue weighted by Gasteiger charge is 2.21. The van der Waals surface area contributed by atoms with Crippen molar-refractivity contribution < 1.29 is 19.6 Å². The fraction of sp³-hybridized carbons (Fsp3) is 0.250. The molecule has 0 fully saturated rings. The van der Waals surface area contributed by atoms with E-state index >= 15 is 0 Å². The van der Waals surface area contributed by atoms with E-state index in [1.54, 1.807) is 12.1 Å². The van der Waals surface area contributed by atoms with Gasteiger partial charge in [-0.3, -0.25) is 0 Å². The number of halogens is 1. The lowest BCUT2D eigenvalue weighted by Crippen LogP contribution is -2.18. The second kappa shape index (κ2) is 8.35. The van der Waals surface area contributed by atoms with E-state index in [0.717, 1.165) is 34.2 Å². The Morgan fingerprint density at radius 3 is 2.81 bits per heavy atom. The molecule has 0 saturated heterocycles. The standard InChI is InChI=1S/C20H19BrN2O4/c1-12-4-3-5-16(19(20(24)25)23-26-2)17(12)11-27-22-18-9-6-13-10-14(21)7-8-15(13)18/h3-5,7-8,10H,6,9,11H2,1-2H3,(H,24,25)/b22-18+,23-19+. The highest BCUT2D eigenvalue weighted by Crippen LogP contribution is 2.26. The summed E-state index contributed by atoms with van der Waals surface area (Å²) in [4.78, 5) is 21.8. The Morgan fingerprint density at radius 2 is 2.07 bits per heavy atom. The fourth-order valence-electron chi connectivity index (χ4n) is 3.12. The van der Waals surface area contributed by atoms with Gasteiger partial charge in [0.25, 0.3) is 0 Å². The molecule has 6 nitrogen and oxygen atoms in total. The summed E-state index contributed by atoms with van der Waals surface area (Å²) in [5.41, 5.74) is 5.14. The summed E-state index contributed by atoms with van der Waals surface area (Å²) >= 11 is 3.48. The maximum absolute atomic E-state index is 11.5. The van der Waals surface area contributed by atoms with Crippen LogP contribution in [-0.2, 0) is 27.5 Å². The van der Waals surface area contributed by atoms with Crippen LogP contribution in [0.1, 0.15) is 34.2 Å². The first-order valence-electron chi connectivity index (χ1n) is 8.42. The van der Waals surface area contributed by atoms with Gasteiger partial charge in [-0.05, 0) is 43.0 Å². The number of hydrogen-bond acceptors (Lipinski definition) is 5. The number of carbonyl (C=O) groups is 1. The number of hydrogen-bond donors (Lipinski definition) is 1. The Morgan fingerprint density at radius 1 is 1.26 bits per heavy atom. The minimum atomic E-state index is -1.16. The molecule has 0 heterocycles. The normalized spacial score (nSPS) is 14.9. The monoisotopic (exact) mass is 430 g/mol. The third-order valence-electron chi connectivity index (χ3n) is 4.44. The number of aryl methyl sites for hydroxylation is 2. The van der Waals surface area contributed by atoms with Crippen LogP contribution in [0.5, 0.6) is 0 Å². The number of fused-ring (bicyclic) bond motifs is 1. The highest BCUT2D eigenvalue weighted by molar-refractivity contribution is 9.10. The van der Waals surface area contributed by atoms with E-state index in [1.165, 1.54) is 12.7 Å². The third kappa shape index (κ3) is 4.19. The zero-order valence-corrected chi connectivity index (χ0v) is 16.6. The molecule has 1 N–H and O–H groups in total. The van der Waals surface area contributed by atoms with E-state index < -0.39 is 5.97 Å². The van der Waals surface area contributed by atoms with Crippen molar-refractivity contribution in [1.29, 1.82) is 0 Å². The molecule has 0 aliphatic heterocycles. The van der Waals surface area contributed by atoms with Crippen molar-refractivity contribution in [2.45, 2.75) is 26.4 Å².